The summed E-state index contributed by atoms with van der Waals surface area (Å²) in [7, 11) is 0. The number of hydrogen-bond donors (Lipinski definition) is 0. The predicted octanol–water partition coefficient (Wildman–Crippen LogP) is 22.3. The third kappa shape index (κ3) is 64.0. The van der Waals surface area contributed by atoms with Gasteiger partial charge < -0.3 is 14.2 Å². The molecule has 0 aromatic heterocycles. The molecular weight excluding hydrogens is 973 g/mol. The summed E-state index contributed by atoms with van der Waals surface area (Å²) in [4.78, 5) is 38.3. The fraction of sp³-hybridized carbons (Fsp3) is 0.630. The van der Waals surface area contributed by atoms with Crippen LogP contribution in [0, 0.1) is 0 Å². The van der Waals surface area contributed by atoms with Crippen molar-refractivity contribution in [1.29, 1.82) is 0 Å². The summed E-state index contributed by atoms with van der Waals surface area (Å²) in [5.41, 5.74) is 0. The van der Waals surface area contributed by atoms with Crippen molar-refractivity contribution in [3.63, 3.8) is 0 Å². The molecule has 0 saturated carbocycles. The second kappa shape index (κ2) is 65.8. The molecular formula is C73H118O6. The van der Waals surface area contributed by atoms with E-state index < -0.39 is 6.10 Å². The summed E-state index contributed by atoms with van der Waals surface area (Å²) in [6.45, 7) is 6.32. The Morgan fingerprint density at radius 1 is 0.266 bits per heavy atom. The maximum absolute atomic E-state index is 12.9. The van der Waals surface area contributed by atoms with Gasteiger partial charge in [-0.2, -0.15) is 0 Å². The van der Waals surface area contributed by atoms with Crippen LogP contribution in [-0.4, -0.2) is 37.2 Å². The molecule has 0 aromatic carbocycles. The van der Waals surface area contributed by atoms with Crippen LogP contribution in [0.15, 0.2) is 146 Å². The van der Waals surface area contributed by atoms with Gasteiger partial charge in [-0.15, -0.1) is 0 Å². The highest BCUT2D eigenvalue weighted by molar-refractivity contribution is 5.71. The van der Waals surface area contributed by atoms with Crippen molar-refractivity contribution in [2.45, 2.75) is 284 Å². The SMILES string of the molecule is CC/C=C\C/C=C\C/C=C\C/C=C\C/C=C\C/C=C\CCCCCCCCCCCCC(=O)OCC(COC(=O)CC/C=C\C/C=C\C/C=C\C/C=C\CC)OC(=O)CCCCCCCCCCC/C=C\C/C=C\CCCCC. The van der Waals surface area contributed by atoms with E-state index >= 15 is 0 Å². The van der Waals surface area contributed by atoms with Crippen molar-refractivity contribution in [1.82, 2.24) is 0 Å². The summed E-state index contributed by atoms with van der Waals surface area (Å²) in [6, 6.07) is 0. The van der Waals surface area contributed by atoms with Gasteiger partial charge in [0.25, 0.3) is 0 Å². The van der Waals surface area contributed by atoms with Gasteiger partial charge in [-0.25, -0.2) is 0 Å². The Kier molecular flexibility index (Phi) is 61.9. The molecule has 0 N–H and O–H groups in total. The summed E-state index contributed by atoms with van der Waals surface area (Å²) in [5.74, 6) is -1.00. The van der Waals surface area contributed by atoms with E-state index in [1.807, 2.05) is 6.08 Å². The van der Waals surface area contributed by atoms with E-state index in [4.69, 9.17) is 14.2 Å². The molecule has 6 heteroatoms. The molecule has 0 saturated heterocycles. The van der Waals surface area contributed by atoms with Crippen LogP contribution in [0.1, 0.15) is 278 Å². The van der Waals surface area contributed by atoms with Crippen molar-refractivity contribution in [3.8, 4) is 0 Å². The smallest absolute Gasteiger partial charge is 0.306 e. The number of unbranched alkanes of at least 4 members (excludes halogenated alkanes) is 22. The number of esters is 3. The van der Waals surface area contributed by atoms with E-state index in [1.54, 1.807) is 0 Å². The van der Waals surface area contributed by atoms with Gasteiger partial charge in [0.05, 0.1) is 0 Å². The number of allylic oxidation sites excluding steroid dienone is 24. The topological polar surface area (TPSA) is 78.9 Å². The molecule has 0 spiro atoms. The van der Waals surface area contributed by atoms with E-state index in [-0.39, 0.29) is 37.5 Å². The molecule has 1 atom stereocenters. The highest BCUT2D eigenvalue weighted by Crippen LogP contribution is 2.15. The molecule has 0 aliphatic rings. The highest BCUT2D eigenvalue weighted by atomic mass is 16.6. The van der Waals surface area contributed by atoms with Crippen molar-refractivity contribution in [2.75, 3.05) is 13.2 Å². The first kappa shape index (κ1) is 74.3. The minimum atomic E-state index is -0.817. The summed E-state index contributed by atoms with van der Waals surface area (Å²) in [6.07, 6.45) is 94.4. The van der Waals surface area contributed by atoms with Crippen molar-refractivity contribution >= 4 is 17.9 Å². The Morgan fingerprint density at radius 2 is 0.519 bits per heavy atom. The first-order chi connectivity index (χ1) is 39.0. The maximum Gasteiger partial charge on any atom is 0.306 e. The number of hydrogen-bond acceptors (Lipinski definition) is 6. The van der Waals surface area contributed by atoms with Crippen molar-refractivity contribution in [2.24, 2.45) is 0 Å². The summed E-state index contributed by atoms with van der Waals surface area (Å²) < 4.78 is 16.8. The van der Waals surface area contributed by atoms with Crippen LogP contribution in [-0.2, 0) is 28.6 Å². The van der Waals surface area contributed by atoms with Crippen LogP contribution >= 0.6 is 0 Å². The highest BCUT2D eigenvalue weighted by Gasteiger charge is 2.19. The fourth-order valence-electron chi connectivity index (χ4n) is 8.55. The molecule has 79 heavy (non-hydrogen) atoms. The Hall–Kier alpha value is -4.71. The van der Waals surface area contributed by atoms with E-state index in [9.17, 15) is 14.4 Å². The second-order valence-electron chi connectivity index (χ2n) is 20.9. The molecule has 0 aliphatic carbocycles. The monoisotopic (exact) mass is 1090 g/mol. The van der Waals surface area contributed by atoms with Crippen LogP contribution in [0.4, 0.5) is 0 Å². The largest absolute Gasteiger partial charge is 0.462 e. The normalized spacial score (nSPS) is 13.1. The zero-order chi connectivity index (χ0) is 57.1. The quantitative estimate of drug-likeness (QED) is 0.0261. The van der Waals surface area contributed by atoms with Gasteiger partial charge in [0.2, 0.25) is 0 Å². The molecule has 0 fully saturated rings. The molecule has 0 bridgehead atoms. The lowest BCUT2D eigenvalue weighted by Gasteiger charge is -2.18. The van der Waals surface area contributed by atoms with Gasteiger partial charge in [-0.3, -0.25) is 14.4 Å². The number of rotatable bonds is 57. The van der Waals surface area contributed by atoms with E-state index in [0.717, 1.165) is 116 Å². The number of carbonyl (C=O) groups excluding carboxylic acids is 3. The molecule has 0 amide bonds. The lowest BCUT2D eigenvalue weighted by Crippen LogP contribution is -2.30. The lowest BCUT2D eigenvalue weighted by atomic mass is 10.1. The van der Waals surface area contributed by atoms with Gasteiger partial charge >= 0.3 is 17.9 Å². The van der Waals surface area contributed by atoms with Gasteiger partial charge in [0.15, 0.2) is 6.10 Å². The molecule has 0 rings (SSSR count). The Bertz CT molecular complexity index is 1730. The van der Waals surface area contributed by atoms with E-state index in [2.05, 4.69) is 161 Å². The van der Waals surface area contributed by atoms with E-state index in [1.165, 1.54) is 116 Å². The molecule has 6 nitrogen and oxygen atoms in total. The fourth-order valence-corrected chi connectivity index (χ4v) is 8.55. The first-order valence-corrected chi connectivity index (χ1v) is 32.3. The molecule has 0 aromatic rings. The zero-order valence-electron chi connectivity index (χ0n) is 51.1. The Labute approximate surface area is 487 Å². The summed E-state index contributed by atoms with van der Waals surface area (Å²) in [5, 5.41) is 0. The van der Waals surface area contributed by atoms with Crippen LogP contribution < -0.4 is 0 Å². The predicted molar refractivity (Wildman–Crippen MR) is 343 cm³/mol. The second-order valence-corrected chi connectivity index (χ2v) is 20.9. The van der Waals surface area contributed by atoms with Crippen LogP contribution in [0.3, 0.4) is 0 Å². The van der Waals surface area contributed by atoms with Gasteiger partial charge in [-0.1, -0.05) is 276 Å². The van der Waals surface area contributed by atoms with Gasteiger partial charge in [0.1, 0.15) is 13.2 Å². The van der Waals surface area contributed by atoms with Crippen LogP contribution in [0.2, 0.25) is 0 Å². The summed E-state index contributed by atoms with van der Waals surface area (Å²) >= 11 is 0. The van der Waals surface area contributed by atoms with Crippen LogP contribution in [0.25, 0.3) is 0 Å². The zero-order valence-corrected chi connectivity index (χ0v) is 51.1. The van der Waals surface area contributed by atoms with Crippen molar-refractivity contribution in [3.05, 3.63) is 146 Å². The molecule has 0 aliphatic heterocycles. The van der Waals surface area contributed by atoms with E-state index in [0.29, 0.717) is 19.3 Å². The molecule has 446 valence electrons. The Morgan fingerprint density at radius 3 is 0.848 bits per heavy atom. The van der Waals surface area contributed by atoms with Crippen LogP contribution in [0.5, 0.6) is 0 Å². The molecule has 0 heterocycles. The lowest BCUT2D eigenvalue weighted by molar-refractivity contribution is -0.166. The molecule has 0 radical (unpaired) electrons. The number of ether oxygens (including phenoxy) is 3. The average Bonchev–Trinajstić information content (AvgIpc) is 3.45. The maximum atomic E-state index is 12.9. The first-order valence-electron chi connectivity index (χ1n) is 32.3. The minimum Gasteiger partial charge on any atom is -0.462 e. The van der Waals surface area contributed by atoms with Gasteiger partial charge in [0, 0.05) is 19.3 Å². The van der Waals surface area contributed by atoms with Gasteiger partial charge in [-0.05, 0) is 128 Å². The third-order valence-corrected chi connectivity index (χ3v) is 13.3. The average molecular weight is 1090 g/mol. The Balaban J connectivity index is 4.36. The number of carbonyl (C=O) groups is 3. The standard InChI is InChI=1S/C73H118O6/c1-4-7-10-13-16-19-22-25-27-29-31-32-33-34-35-36-37-38-39-40-42-43-45-48-51-54-57-60-63-66-72(75)78-69-70(68-77-71(74)65-62-59-56-53-50-47-24-21-18-15-12-9-6-3)79-73(76)67-64-61-58-55-52-49-46-44-41-30-28-26-23-20-17-14-11-8-5-2/h7,9-10,12,16-21,25-28,31-32,34-35,37-38,47,50,56,59,70H,4-6,8,11,13-15,22-24,29-30,33,36,39-46,48-49,51-55,57-58,60-69H2,1-3H3/b10-7-,12-9-,19-16-,20-17-,21-18-,27-25-,28-26-,32-31-,35-34-,38-37-,50-47-,59-56-. The van der Waals surface area contributed by atoms with Crippen molar-refractivity contribution < 1.29 is 28.6 Å². The third-order valence-electron chi connectivity index (χ3n) is 13.3. The molecule has 1 unspecified atom stereocenters. The minimum absolute atomic E-state index is 0.108.